The second-order valence-corrected chi connectivity index (χ2v) is 5.80. The Labute approximate surface area is 141 Å². The van der Waals surface area contributed by atoms with E-state index in [1.807, 2.05) is 30.5 Å². The molecule has 0 saturated carbocycles. The van der Waals surface area contributed by atoms with E-state index in [9.17, 15) is 4.79 Å². The number of carbonyl (C=O) groups is 1. The fourth-order valence-electron chi connectivity index (χ4n) is 2.82. The lowest BCUT2D eigenvalue weighted by Crippen LogP contribution is -2.22. The number of aromatic amines is 1. The van der Waals surface area contributed by atoms with E-state index in [-0.39, 0.29) is 5.91 Å². The molecule has 0 fully saturated rings. The fraction of sp³-hybridized carbons (Fsp3) is 0.200. The molecule has 0 saturated heterocycles. The van der Waals surface area contributed by atoms with Gasteiger partial charge in [-0.25, -0.2) is 0 Å². The number of aromatic nitrogens is 1. The number of aryl methyl sites for hydroxylation is 1. The van der Waals surface area contributed by atoms with Gasteiger partial charge in [-0.2, -0.15) is 5.26 Å². The Kier molecular flexibility index (Phi) is 4.93. The number of H-pyrrole nitrogens is 1. The molecule has 1 heterocycles. The number of carbonyl (C=O) groups excluding carboxylic acids is 1. The van der Waals surface area contributed by atoms with Crippen molar-refractivity contribution in [3.63, 3.8) is 0 Å². The zero-order valence-corrected chi connectivity index (χ0v) is 13.4. The third-order valence-corrected chi connectivity index (χ3v) is 4.07. The highest BCUT2D eigenvalue weighted by Crippen LogP contribution is 2.19. The van der Waals surface area contributed by atoms with Crippen LogP contribution in [0.3, 0.4) is 0 Å². The van der Waals surface area contributed by atoms with Crippen LogP contribution in [0.2, 0.25) is 0 Å². The maximum atomic E-state index is 12.0. The van der Waals surface area contributed by atoms with E-state index in [1.54, 1.807) is 12.1 Å². The first-order valence-electron chi connectivity index (χ1n) is 8.07. The predicted molar refractivity (Wildman–Crippen MR) is 94.2 cm³/mol. The van der Waals surface area contributed by atoms with Crippen LogP contribution < -0.4 is 5.32 Å². The van der Waals surface area contributed by atoms with E-state index < -0.39 is 0 Å². The van der Waals surface area contributed by atoms with Crippen molar-refractivity contribution in [1.29, 1.82) is 5.26 Å². The van der Waals surface area contributed by atoms with Crippen molar-refractivity contribution in [3.8, 4) is 6.07 Å². The molecule has 2 aromatic carbocycles. The molecule has 0 aliphatic heterocycles. The number of nitriles is 1. The molecule has 1 aromatic heterocycles. The molecule has 0 bridgehead atoms. The molecule has 120 valence electrons. The Bertz CT molecular complexity index is 889. The Morgan fingerprint density at radius 1 is 1.17 bits per heavy atom. The first-order valence-corrected chi connectivity index (χ1v) is 8.07. The first-order chi connectivity index (χ1) is 11.8. The van der Waals surface area contributed by atoms with Gasteiger partial charge in [0.25, 0.3) is 0 Å². The number of hydrogen-bond donors (Lipinski definition) is 2. The smallest absolute Gasteiger partial charge is 0.220 e. The number of fused-ring (bicyclic) bond motifs is 1. The fourth-order valence-corrected chi connectivity index (χ4v) is 2.82. The van der Waals surface area contributed by atoms with Gasteiger partial charge in [0.1, 0.15) is 0 Å². The van der Waals surface area contributed by atoms with Crippen LogP contribution in [0.25, 0.3) is 10.9 Å². The maximum absolute atomic E-state index is 12.0. The SMILES string of the molecule is N#Cc1cccc(CNC(=O)CCCc2c[nH]c3ccccc23)c1. The van der Waals surface area contributed by atoms with E-state index in [0.717, 1.165) is 23.9 Å². The number of benzene rings is 2. The molecule has 0 atom stereocenters. The van der Waals surface area contributed by atoms with Crippen molar-refractivity contribution in [2.75, 3.05) is 0 Å². The summed E-state index contributed by atoms with van der Waals surface area (Å²) in [6, 6.07) is 17.6. The molecular formula is C20H19N3O. The minimum absolute atomic E-state index is 0.0391. The Morgan fingerprint density at radius 3 is 2.92 bits per heavy atom. The van der Waals surface area contributed by atoms with Crippen LogP contribution in [0.5, 0.6) is 0 Å². The Hall–Kier alpha value is -3.06. The number of rotatable bonds is 6. The molecule has 0 aliphatic rings. The number of amides is 1. The quantitative estimate of drug-likeness (QED) is 0.728. The van der Waals surface area contributed by atoms with Crippen molar-refractivity contribution in [2.45, 2.75) is 25.8 Å². The molecule has 1 amide bonds. The normalized spacial score (nSPS) is 10.5. The van der Waals surface area contributed by atoms with E-state index in [1.165, 1.54) is 10.9 Å². The molecule has 0 unspecified atom stereocenters. The molecule has 0 aliphatic carbocycles. The van der Waals surface area contributed by atoms with Gasteiger partial charge in [-0.1, -0.05) is 30.3 Å². The summed E-state index contributed by atoms with van der Waals surface area (Å²) in [5.74, 6) is 0.0391. The average Bonchev–Trinajstić information content (AvgIpc) is 3.03. The van der Waals surface area contributed by atoms with Gasteiger partial charge >= 0.3 is 0 Å². The molecule has 24 heavy (non-hydrogen) atoms. The van der Waals surface area contributed by atoms with Gasteiger partial charge < -0.3 is 10.3 Å². The van der Waals surface area contributed by atoms with Gasteiger partial charge in [0.05, 0.1) is 11.6 Å². The molecule has 4 nitrogen and oxygen atoms in total. The molecule has 3 aromatic rings. The average molecular weight is 317 g/mol. The number of para-hydroxylation sites is 1. The minimum atomic E-state index is 0.0391. The zero-order valence-electron chi connectivity index (χ0n) is 13.4. The van der Waals surface area contributed by atoms with Crippen molar-refractivity contribution in [1.82, 2.24) is 10.3 Å². The summed E-state index contributed by atoms with van der Waals surface area (Å²) in [6.07, 6.45) is 4.21. The summed E-state index contributed by atoms with van der Waals surface area (Å²) in [5, 5.41) is 13.0. The van der Waals surface area contributed by atoms with Crippen LogP contribution in [0.4, 0.5) is 0 Å². The van der Waals surface area contributed by atoms with Gasteiger partial charge in [-0.3, -0.25) is 4.79 Å². The van der Waals surface area contributed by atoms with Gasteiger partial charge in [-0.05, 0) is 42.2 Å². The van der Waals surface area contributed by atoms with Gasteiger partial charge in [-0.15, -0.1) is 0 Å². The summed E-state index contributed by atoms with van der Waals surface area (Å²) >= 11 is 0. The van der Waals surface area contributed by atoms with Crippen LogP contribution in [0, 0.1) is 11.3 Å². The van der Waals surface area contributed by atoms with Crippen LogP contribution in [0.15, 0.2) is 54.7 Å². The number of nitrogens with zero attached hydrogens (tertiary/aromatic N) is 1. The lowest BCUT2D eigenvalue weighted by molar-refractivity contribution is -0.121. The maximum Gasteiger partial charge on any atom is 0.220 e. The predicted octanol–water partition coefficient (Wildman–Crippen LogP) is 3.68. The molecular weight excluding hydrogens is 298 g/mol. The second-order valence-electron chi connectivity index (χ2n) is 5.80. The lowest BCUT2D eigenvalue weighted by atomic mass is 10.1. The lowest BCUT2D eigenvalue weighted by Gasteiger charge is -2.05. The van der Waals surface area contributed by atoms with Crippen LogP contribution in [-0.2, 0) is 17.8 Å². The molecule has 4 heteroatoms. The van der Waals surface area contributed by atoms with Gasteiger partial charge in [0, 0.05) is 30.1 Å². The molecule has 2 N–H and O–H groups in total. The zero-order chi connectivity index (χ0) is 16.8. The molecule has 0 radical (unpaired) electrons. The van der Waals surface area contributed by atoms with Crippen molar-refractivity contribution < 1.29 is 4.79 Å². The highest BCUT2D eigenvalue weighted by molar-refractivity contribution is 5.83. The highest BCUT2D eigenvalue weighted by Gasteiger charge is 2.05. The van der Waals surface area contributed by atoms with E-state index in [2.05, 4.69) is 28.5 Å². The first kappa shape index (κ1) is 15.8. The number of hydrogen-bond acceptors (Lipinski definition) is 2. The second kappa shape index (κ2) is 7.47. The Balaban J connectivity index is 1.46. The number of nitrogens with one attached hydrogen (secondary N) is 2. The summed E-state index contributed by atoms with van der Waals surface area (Å²) in [7, 11) is 0. The standard InChI is InChI=1S/C20H19N3O/c21-12-15-5-3-6-16(11-15)13-23-20(24)10-4-7-17-14-22-19-9-2-1-8-18(17)19/h1-3,5-6,8-9,11,14,22H,4,7,10,13H2,(H,23,24). The summed E-state index contributed by atoms with van der Waals surface area (Å²) in [5.41, 5.74) is 3.94. The summed E-state index contributed by atoms with van der Waals surface area (Å²) in [4.78, 5) is 15.2. The minimum Gasteiger partial charge on any atom is -0.361 e. The topological polar surface area (TPSA) is 68.7 Å². The van der Waals surface area contributed by atoms with Crippen LogP contribution in [0.1, 0.15) is 29.5 Å². The van der Waals surface area contributed by atoms with Crippen LogP contribution >= 0.6 is 0 Å². The third kappa shape index (κ3) is 3.82. The molecule has 0 spiro atoms. The van der Waals surface area contributed by atoms with E-state index in [0.29, 0.717) is 18.5 Å². The summed E-state index contributed by atoms with van der Waals surface area (Å²) < 4.78 is 0. The third-order valence-electron chi connectivity index (χ3n) is 4.07. The monoisotopic (exact) mass is 317 g/mol. The van der Waals surface area contributed by atoms with Crippen molar-refractivity contribution in [3.05, 3.63) is 71.4 Å². The largest absolute Gasteiger partial charge is 0.361 e. The van der Waals surface area contributed by atoms with Gasteiger partial charge in [0.2, 0.25) is 5.91 Å². The highest BCUT2D eigenvalue weighted by atomic mass is 16.1. The molecule has 3 rings (SSSR count). The summed E-state index contributed by atoms with van der Waals surface area (Å²) in [6.45, 7) is 0.460. The van der Waals surface area contributed by atoms with E-state index in [4.69, 9.17) is 5.26 Å². The van der Waals surface area contributed by atoms with E-state index >= 15 is 0 Å². The Morgan fingerprint density at radius 2 is 2.04 bits per heavy atom. The van der Waals surface area contributed by atoms with Gasteiger partial charge in [0.15, 0.2) is 0 Å². The van der Waals surface area contributed by atoms with Crippen molar-refractivity contribution >= 4 is 16.8 Å². The van der Waals surface area contributed by atoms with Crippen LogP contribution in [-0.4, -0.2) is 10.9 Å². The van der Waals surface area contributed by atoms with Crippen molar-refractivity contribution in [2.24, 2.45) is 0 Å².